The van der Waals surface area contributed by atoms with E-state index in [0.29, 0.717) is 13.2 Å². The van der Waals surface area contributed by atoms with Gasteiger partial charge in [-0.05, 0) is 18.7 Å². The first-order valence-corrected chi connectivity index (χ1v) is 6.92. The largest absolute Gasteiger partial charge is 0.472 e. The van der Waals surface area contributed by atoms with Crippen molar-refractivity contribution in [2.75, 3.05) is 39.8 Å². The average Bonchev–Trinajstić information content (AvgIpc) is 2.90. The fraction of sp³-hybridized carbons (Fsp3) is 0.571. The topological polar surface area (TPSA) is 89.0 Å². The SMILES string of the molecule is CN1CCOC(CN(CC(N)=O)C(=O)Cc2ccoc2)C1. The van der Waals surface area contributed by atoms with Crippen LogP contribution in [0.5, 0.6) is 0 Å². The third-order valence-electron chi connectivity index (χ3n) is 3.40. The summed E-state index contributed by atoms with van der Waals surface area (Å²) >= 11 is 0. The number of nitrogens with two attached hydrogens (primary N) is 1. The van der Waals surface area contributed by atoms with Gasteiger partial charge >= 0.3 is 0 Å². The first kappa shape index (κ1) is 15.5. The van der Waals surface area contributed by atoms with E-state index in [0.717, 1.165) is 18.7 Å². The van der Waals surface area contributed by atoms with E-state index < -0.39 is 5.91 Å². The Balaban J connectivity index is 1.96. The second kappa shape index (κ2) is 7.24. The Bertz CT molecular complexity index is 475. The molecule has 1 aromatic rings. The van der Waals surface area contributed by atoms with Gasteiger partial charge in [0.1, 0.15) is 0 Å². The van der Waals surface area contributed by atoms with Gasteiger partial charge in [-0.15, -0.1) is 0 Å². The zero-order valence-corrected chi connectivity index (χ0v) is 12.2. The summed E-state index contributed by atoms with van der Waals surface area (Å²) in [6.07, 6.45) is 3.12. The molecule has 0 radical (unpaired) electrons. The molecule has 2 N–H and O–H groups in total. The van der Waals surface area contributed by atoms with E-state index in [2.05, 4.69) is 4.90 Å². The lowest BCUT2D eigenvalue weighted by molar-refractivity contribution is -0.137. The molecule has 1 atom stereocenters. The molecule has 7 heteroatoms. The van der Waals surface area contributed by atoms with Crippen LogP contribution >= 0.6 is 0 Å². The van der Waals surface area contributed by atoms with Crippen LogP contribution in [0.2, 0.25) is 0 Å². The quantitative estimate of drug-likeness (QED) is 0.762. The number of nitrogens with zero attached hydrogens (tertiary/aromatic N) is 2. The van der Waals surface area contributed by atoms with Crippen LogP contribution < -0.4 is 5.73 Å². The van der Waals surface area contributed by atoms with Crippen LogP contribution in [-0.2, 0) is 20.7 Å². The Hall–Kier alpha value is -1.86. The number of furan rings is 1. The molecule has 2 heterocycles. The number of primary amides is 1. The van der Waals surface area contributed by atoms with Crippen LogP contribution in [0.3, 0.4) is 0 Å². The van der Waals surface area contributed by atoms with Crippen molar-refractivity contribution < 1.29 is 18.7 Å². The summed E-state index contributed by atoms with van der Waals surface area (Å²) in [5.41, 5.74) is 6.01. The lowest BCUT2D eigenvalue weighted by atomic mass is 10.2. The van der Waals surface area contributed by atoms with E-state index in [4.69, 9.17) is 14.9 Å². The van der Waals surface area contributed by atoms with Crippen molar-refractivity contribution in [1.82, 2.24) is 9.80 Å². The molecule has 1 saturated heterocycles. The highest BCUT2D eigenvalue weighted by atomic mass is 16.5. The molecule has 2 amide bonds. The number of rotatable bonds is 6. The Labute approximate surface area is 123 Å². The van der Waals surface area contributed by atoms with Gasteiger partial charge in [0.2, 0.25) is 11.8 Å². The number of carbonyl (C=O) groups is 2. The molecule has 0 spiro atoms. The normalized spacial score (nSPS) is 19.4. The molecule has 21 heavy (non-hydrogen) atoms. The lowest BCUT2D eigenvalue weighted by Crippen LogP contribution is -2.49. The minimum absolute atomic E-state index is 0.0970. The van der Waals surface area contributed by atoms with Crippen molar-refractivity contribution in [2.24, 2.45) is 5.73 Å². The van der Waals surface area contributed by atoms with Gasteiger partial charge in [0.25, 0.3) is 0 Å². The van der Waals surface area contributed by atoms with Crippen molar-refractivity contribution in [1.29, 1.82) is 0 Å². The summed E-state index contributed by atoms with van der Waals surface area (Å²) in [5.74, 6) is -0.688. The van der Waals surface area contributed by atoms with Gasteiger partial charge in [-0.25, -0.2) is 0 Å². The molecule has 1 unspecified atom stereocenters. The van der Waals surface area contributed by atoms with E-state index >= 15 is 0 Å². The number of ether oxygens (including phenoxy) is 1. The van der Waals surface area contributed by atoms with Crippen molar-refractivity contribution in [2.45, 2.75) is 12.5 Å². The summed E-state index contributed by atoms with van der Waals surface area (Å²) in [6.45, 7) is 2.50. The van der Waals surface area contributed by atoms with Gasteiger partial charge in [-0.2, -0.15) is 0 Å². The fourth-order valence-corrected chi connectivity index (χ4v) is 2.35. The summed E-state index contributed by atoms with van der Waals surface area (Å²) in [5, 5.41) is 0. The molecule has 1 fully saturated rings. The Kier molecular flexibility index (Phi) is 5.35. The van der Waals surface area contributed by atoms with Crippen molar-refractivity contribution in [3.63, 3.8) is 0 Å². The van der Waals surface area contributed by atoms with Gasteiger partial charge in [0, 0.05) is 19.6 Å². The third kappa shape index (κ3) is 4.87. The minimum Gasteiger partial charge on any atom is -0.472 e. The predicted octanol–water partition coefficient (Wildman–Crippen LogP) is -0.533. The highest BCUT2D eigenvalue weighted by Crippen LogP contribution is 2.08. The van der Waals surface area contributed by atoms with Crippen LogP contribution in [0.1, 0.15) is 5.56 Å². The molecule has 1 aliphatic heterocycles. The van der Waals surface area contributed by atoms with Gasteiger partial charge < -0.3 is 24.7 Å². The monoisotopic (exact) mass is 295 g/mol. The van der Waals surface area contributed by atoms with Crippen LogP contribution in [0.4, 0.5) is 0 Å². The standard InChI is InChI=1S/C14H21N3O4/c1-16-3-5-21-12(7-16)8-17(9-13(15)18)14(19)6-11-2-4-20-10-11/h2,4,10,12H,3,5-9H2,1H3,(H2,15,18). The van der Waals surface area contributed by atoms with Crippen LogP contribution in [0.15, 0.2) is 23.0 Å². The molecule has 0 aromatic carbocycles. The lowest BCUT2D eigenvalue weighted by Gasteiger charge is -2.33. The molecule has 1 aromatic heterocycles. The van der Waals surface area contributed by atoms with E-state index in [-0.39, 0.29) is 25.0 Å². The van der Waals surface area contributed by atoms with Crippen molar-refractivity contribution in [3.8, 4) is 0 Å². The Morgan fingerprint density at radius 3 is 2.95 bits per heavy atom. The average molecular weight is 295 g/mol. The number of hydrogen-bond donors (Lipinski definition) is 1. The summed E-state index contributed by atoms with van der Waals surface area (Å²) in [4.78, 5) is 27.1. The molecule has 116 valence electrons. The van der Waals surface area contributed by atoms with E-state index in [1.54, 1.807) is 6.07 Å². The molecule has 0 saturated carbocycles. The third-order valence-corrected chi connectivity index (χ3v) is 3.40. The minimum atomic E-state index is -0.528. The summed E-state index contributed by atoms with van der Waals surface area (Å²) < 4.78 is 10.6. The summed E-state index contributed by atoms with van der Waals surface area (Å²) in [7, 11) is 2.00. The first-order valence-electron chi connectivity index (χ1n) is 6.92. The number of amides is 2. The number of carbonyl (C=O) groups excluding carboxylic acids is 2. The Morgan fingerprint density at radius 2 is 2.33 bits per heavy atom. The molecule has 7 nitrogen and oxygen atoms in total. The number of likely N-dealkylation sites (N-methyl/N-ethyl adjacent to an activating group) is 1. The van der Waals surface area contributed by atoms with Gasteiger partial charge in [0.05, 0.1) is 38.2 Å². The van der Waals surface area contributed by atoms with Crippen LogP contribution in [-0.4, -0.2) is 67.6 Å². The zero-order valence-electron chi connectivity index (χ0n) is 12.2. The van der Waals surface area contributed by atoms with Gasteiger partial charge in [-0.1, -0.05) is 0 Å². The molecule has 1 aliphatic rings. The smallest absolute Gasteiger partial charge is 0.237 e. The van der Waals surface area contributed by atoms with Gasteiger partial charge in [-0.3, -0.25) is 9.59 Å². The molecule has 0 aliphatic carbocycles. The van der Waals surface area contributed by atoms with Crippen LogP contribution in [0.25, 0.3) is 0 Å². The number of hydrogen-bond acceptors (Lipinski definition) is 5. The number of morpholine rings is 1. The molecular weight excluding hydrogens is 274 g/mol. The van der Waals surface area contributed by atoms with Crippen molar-refractivity contribution >= 4 is 11.8 Å². The fourth-order valence-electron chi connectivity index (χ4n) is 2.35. The van der Waals surface area contributed by atoms with Crippen LogP contribution in [0, 0.1) is 0 Å². The first-order chi connectivity index (χ1) is 10.0. The molecule has 0 bridgehead atoms. The zero-order chi connectivity index (χ0) is 15.2. The second-order valence-electron chi connectivity index (χ2n) is 5.30. The molecule has 2 rings (SSSR count). The maximum Gasteiger partial charge on any atom is 0.237 e. The highest BCUT2D eigenvalue weighted by molar-refractivity contribution is 5.85. The Morgan fingerprint density at radius 1 is 1.52 bits per heavy atom. The van der Waals surface area contributed by atoms with Crippen molar-refractivity contribution in [3.05, 3.63) is 24.2 Å². The van der Waals surface area contributed by atoms with Gasteiger partial charge in [0.15, 0.2) is 0 Å². The predicted molar refractivity (Wildman–Crippen MR) is 75.4 cm³/mol. The van der Waals surface area contributed by atoms with E-state index in [1.807, 2.05) is 7.05 Å². The second-order valence-corrected chi connectivity index (χ2v) is 5.30. The van der Waals surface area contributed by atoms with E-state index in [9.17, 15) is 9.59 Å². The maximum atomic E-state index is 12.3. The highest BCUT2D eigenvalue weighted by Gasteiger charge is 2.24. The summed E-state index contributed by atoms with van der Waals surface area (Å²) in [6, 6.07) is 1.73. The molecular formula is C14H21N3O4. The maximum absolute atomic E-state index is 12.3. The van der Waals surface area contributed by atoms with E-state index in [1.165, 1.54) is 17.4 Å².